The van der Waals surface area contributed by atoms with Gasteiger partial charge in [0.05, 0.1) is 6.04 Å². The van der Waals surface area contributed by atoms with Crippen molar-refractivity contribution in [3.8, 4) is 0 Å². The van der Waals surface area contributed by atoms with Crippen LogP contribution in [0.4, 0.5) is 0 Å². The number of thioether (sulfide) groups is 1. The summed E-state index contributed by atoms with van der Waals surface area (Å²) >= 11 is 1.93. The zero-order valence-corrected chi connectivity index (χ0v) is 14.4. The van der Waals surface area contributed by atoms with E-state index in [2.05, 4.69) is 31.3 Å². The number of rotatable bonds is 5. The molecule has 1 amide bonds. The highest BCUT2D eigenvalue weighted by atomic mass is 35.5. The summed E-state index contributed by atoms with van der Waals surface area (Å²) in [6, 6.07) is 10.2. The number of nitrogens with one attached hydrogen (secondary N) is 1. The van der Waals surface area contributed by atoms with E-state index in [9.17, 15) is 4.79 Å². The average molecular weight is 329 g/mol. The molecule has 0 radical (unpaired) electrons. The van der Waals surface area contributed by atoms with Gasteiger partial charge in [-0.2, -0.15) is 11.8 Å². The number of hydrogen-bond donors (Lipinski definition) is 1. The van der Waals surface area contributed by atoms with E-state index in [-0.39, 0.29) is 24.4 Å². The Balaban J connectivity index is 0.00000220. The number of carbonyl (C=O) groups excluding carboxylic acids is 1. The second-order valence-electron chi connectivity index (χ2n) is 5.53. The fraction of sp³-hybridized carbons (Fsp3) is 0.562. The van der Waals surface area contributed by atoms with Gasteiger partial charge in [0, 0.05) is 31.1 Å². The monoisotopic (exact) mass is 328 g/mol. The van der Waals surface area contributed by atoms with E-state index < -0.39 is 0 Å². The van der Waals surface area contributed by atoms with Crippen molar-refractivity contribution < 1.29 is 4.79 Å². The van der Waals surface area contributed by atoms with E-state index in [0.717, 1.165) is 31.1 Å². The normalized spacial score (nSPS) is 16.4. The van der Waals surface area contributed by atoms with Gasteiger partial charge in [-0.05, 0) is 11.5 Å². The number of hydrogen-bond acceptors (Lipinski definition) is 3. The molecule has 1 aromatic rings. The summed E-state index contributed by atoms with van der Waals surface area (Å²) in [7, 11) is 0. The Labute approximate surface area is 138 Å². The number of halogens is 1. The van der Waals surface area contributed by atoms with Crippen LogP contribution in [0.3, 0.4) is 0 Å². The zero-order chi connectivity index (χ0) is 14.4. The molecular weight excluding hydrogens is 304 g/mol. The van der Waals surface area contributed by atoms with Gasteiger partial charge in [-0.1, -0.05) is 44.2 Å². The third kappa shape index (κ3) is 5.53. The van der Waals surface area contributed by atoms with Crippen molar-refractivity contribution in [2.24, 2.45) is 5.92 Å². The molecule has 1 aromatic carbocycles. The molecule has 0 bridgehead atoms. The molecule has 1 fully saturated rings. The molecule has 5 heteroatoms. The van der Waals surface area contributed by atoms with Gasteiger partial charge < -0.3 is 10.2 Å². The lowest BCUT2D eigenvalue weighted by atomic mass is 10.0. The van der Waals surface area contributed by atoms with Crippen LogP contribution in [0.15, 0.2) is 30.3 Å². The summed E-state index contributed by atoms with van der Waals surface area (Å²) in [4.78, 5) is 14.6. The van der Waals surface area contributed by atoms with Gasteiger partial charge in [-0.15, -0.1) is 12.4 Å². The molecule has 0 unspecified atom stereocenters. The van der Waals surface area contributed by atoms with E-state index in [0.29, 0.717) is 5.92 Å². The Morgan fingerprint density at radius 2 is 1.86 bits per heavy atom. The minimum atomic E-state index is -0.0849. The van der Waals surface area contributed by atoms with Gasteiger partial charge >= 0.3 is 0 Å². The van der Waals surface area contributed by atoms with Crippen LogP contribution in [-0.2, 0) is 11.3 Å². The van der Waals surface area contributed by atoms with Crippen molar-refractivity contribution in [1.29, 1.82) is 0 Å². The fourth-order valence-electron chi connectivity index (χ4n) is 2.41. The molecule has 1 N–H and O–H groups in total. The lowest BCUT2D eigenvalue weighted by molar-refractivity contribution is -0.134. The second-order valence-corrected chi connectivity index (χ2v) is 6.75. The lowest BCUT2D eigenvalue weighted by Gasteiger charge is -2.32. The first-order valence-electron chi connectivity index (χ1n) is 7.32. The topological polar surface area (TPSA) is 32.3 Å². The first kappa shape index (κ1) is 18.3. The summed E-state index contributed by atoms with van der Waals surface area (Å²) in [5.74, 6) is 2.70. The first-order valence-corrected chi connectivity index (χ1v) is 8.48. The maximum absolute atomic E-state index is 12.6. The summed E-state index contributed by atoms with van der Waals surface area (Å²) in [5.41, 5.74) is 1.22. The van der Waals surface area contributed by atoms with Crippen molar-refractivity contribution in [3.05, 3.63) is 35.9 Å². The fourth-order valence-corrected chi connectivity index (χ4v) is 3.32. The molecule has 1 aliphatic heterocycles. The maximum atomic E-state index is 12.6. The molecule has 1 aliphatic rings. The molecule has 0 spiro atoms. The Morgan fingerprint density at radius 3 is 2.43 bits per heavy atom. The molecule has 1 saturated heterocycles. The standard InChI is InChI=1S/C16H24N2OS.ClH/c1-13(2)15(16(19)18-8-10-20-11-9-18)17-12-14-6-4-3-5-7-14;/h3-7,13,15,17H,8-12H2,1-2H3;1H/t15-;/m0./s1. The number of carbonyl (C=O) groups is 1. The van der Waals surface area contributed by atoms with Crippen molar-refractivity contribution in [2.75, 3.05) is 24.6 Å². The van der Waals surface area contributed by atoms with Gasteiger partial charge in [-0.3, -0.25) is 4.79 Å². The SMILES string of the molecule is CC(C)[C@H](NCc1ccccc1)C(=O)N1CCSCC1.Cl. The van der Waals surface area contributed by atoms with Crippen LogP contribution < -0.4 is 5.32 Å². The minimum absolute atomic E-state index is 0. The van der Waals surface area contributed by atoms with Crippen LogP contribution in [0.1, 0.15) is 19.4 Å². The molecule has 0 aliphatic carbocycles. The summed E-state index contributed by atoms with van der Waals surface area (Å²) in [6.45, 7) is 6.75. The Kier molecular flexibility index (Phi) is 8.15. The highest BCUT2D eigenvalue weighted by Gasteiger charge is 2.27. The maximum Gasteiger partial charge on any atom is 0.240 e. The van der Waals surface area contributed by atoms with Gasteiger partial charge in [0.15, 0.2) is 0 Å². The highest BCUT2D eigenvalue weighted by molar-refractivity contribution is 7.99. The van der Waals surface area contributed by atoms with Crippen LogP contribution in [0.25, 0.3) is 0 Å². The Hall–Kier alpha value is -0.710. The predicted octanol–water partition coefficient (Wildman–Crippen LogP) is 2.80. The number of benzene rings is 1. The quantitative estimate of drug-likeness (QED) is 0.902. The van der Waals surface area contributed by atoms with Gasteiger partial charge in [0.1, 0.15) is 0 Å². The summed E-state index contributed by atoms with van der Waals surface area (Å²) < 4.78 is 0. The van der Waals surface area contributed by atoms with Crippen molar-refractivity contribution >= 4 is 30.1 Å². The summed E-state index contributed by atoms with van der Waals surface area (Å²) in [5, 5.41) is 3.43. The highest BCUT2D eigenvalue weighted by Crippen LogP contribution is 2.14. The molecule has 0 saturated carbocycles. The molecule has 118 valence electrons. The van der Waals surface area contributed by atoms with Crippen molar-refractivity contribution in [1.82, 2.24) is 10.2 Å². The molecule has 1 atom stereocenters. The smallest absolute Gasteiger partial charge is 0.240 e. The minimum Gasteiger partial charge on any atom is -0.340 e. The summed E-state index contributed by atoms with van der Waals surface area (Å²) in [6.07, 6.45) is 0. The number of amides is 1. The van der Waals surface area contributed by atoms with Crippen LogP contribution in [-0.4, -0.2) is 41.4 Å². The van der Waals surface area contributed by atoms with Crippen molar-refractivity contribution in [2.45, 2.75) is 26.4 Å². The Morgan fingerprint density at radius 1 is 1.24 bits per heavy atom. The Bertz CT molecular complexity index is 422. The van der Waals surface area contributed by atoms with Gasteiger partial charge in [0.2, 0.25) is 5.91 Å². The molecular formula is C16H25ClN2OS. The van der Waals surface area contributed by atoms with Crippen LogP contribution >= 0.6 is 24.2 Å². The van der Waals surface area contributed by atoms with E-state index in [1.165, 1.54) is 5.56 Å². The van der Waals surface area contributed by atoms with Gasteiger partial charge in [-0.25, -0.2) is 0 Å². The molecule has 2 rings (SSSR count). The van der Waals surface area contributed by atoms with Crippen LogP contribution in [0.5, 0.6) is 0 Å². The largest absolute Gasteiger partial charge is 0.340 e. The van der Waals surface area contributed by atoms with Crippen molar-refractivity contribution in [3.63, 3.8) is 0 Å². The third-order valence-corrected chi connectivity index (χ3v) is 4.57. The predicted molar refractivity (Wildman–Crippen MR) is 93.1 cm³/mol. The molecule has 3 nitrogen and oxygen atoms in total. The first-order chi connectivity index (χ1) is 9.68. The van der Waals surface area contributed by atoms with Gasteiger partial charge in [0.25, 0.3) is 0 Å². The van der Waals surface area contributed by atoms with E-state index in [1.807, 2.05) is 34.9 Å². The average Bonchev–Trinajstić information content (AvgIpc) is 2.49. The number of nitrogens with zero attached hydrogens (tertiary/aromatic N) is 1. The van der Waals surface area contributed by atoms with Crippen LogP contribution in [0.2, 0.25) is 0 Å². The van der Waals surface area contributed by atoms with E-state index in [4.69, 9.17) is 0 Å². The molecule has 1 heterocycles. The lowest BCUT2D eigenvalue weighted by Crippen LogP contribution is -2.51. The third-order valence-electron chi connectivity index (χ3n) is 3.62. The van der Waals surface area contributed by atoms with E-state index in [1.54, 1.807) is 0 Å². The zero-order valence-electron chi connectivity index (χ0n) is 12.7. The van der Waals surface area contributed by atoms with Crippen LogP contribution in [0, 0.1) is 5.92 Å². The second kappa shape index (κ2) is 9.34. The molecule has 0 aromatic heterocycles. The van der Waals surface area contributed by atoms with E-state index >= 15 is 0 Å². The molecule has 21 heavy (non-hydrogen) atoms.